The molecule has 16 heteroatoms. The fourth-order valence-electron chi connectivity index (χ4n) is 5.79. The summed E-state index contributed by atoms with van der Waals surface area (Å²) in [7, 11) is -4.53. The standard InChI is InChI=1S/C33H29F9N2O4S/c1-29(2,19-43)28(45)44-23-14-16-30(17-15-23,49(46,47)24-12-10-22(34)11-13-24)20-6-8-21(9-7-20)31(32(37,38)39,33(40,41)42)48-18-25-26(35)4-3-5-27(25)36/h3-13,23H,14-18H2,1-2H3,(H,44,45). The van der Waals surface area contributed by atoms with E-state index in [1.54, 1.807) is 0 Å². The summed E-state index contributed by atoms with van der Waals surface area (Å²) < 4.78 is 160. The second kappa shape index (κ2) is 13.3. The summed E-state index contributed by atoms with van der Waals surface area (Å²) in [5.74, 6) is -4.28. The highest BCUT2D eigenvalue weighted by Gasteiger charge is 2.73. The molecule has 0 bridgehead atoms. The number of nitriles is 1. The minimum absolute atomic E-state index is 0.0260. The van der Waals surface area contributed by atoms with Gasteiger partial charge in [0, 0.05) is 17.2 Å². The maximum Gasteiger partial charge on any atom is 0.430 e. The van der Waals surface area contributed by atoms with E-state index in [2.05, 4.69) is 10.1 Å². The van der Waals surface area contributed by atoms with E-state index in [0.717, 1.165) is 42.5 Å². The van der Waals surface area contributed by atoms with Crippen LogP contribution in [0.15, 0.2) is 71.6 Å². The number of carbonyl (C=O) groups excluding carboxylic acids is 1. The molecule has 0 aromatic heterocycles. The third-order valence-electron chi connectivity index (χ3n) is 8.72. The van der Waals surface area contributed by atoms with E-state index in [9.17, 15) is 58.0 Å². The van der Waals surface area contributed by atoms with Crippen LogP contribution >= 0.6 is 0 Å². The third kappa shape index (κ3) is 6.87. The van der Waals surface area contributed by atoms with Gasteiger partial charge in [0.1, 0.15) is 27.6 Å². The van der Waals surface area contributed by atoms with Gasteiger partial charge in [-0.05, 0) is 81.5 Å². The number of sulfone groups is 1. The average Bonchev–Trinajstić information content (AvgIpc) is 3.02. The minimum Gasteiger partial charge on any atom is -0.352 e. The van der Waals surface area contributed by atoms with Gasteiger partial charge in [0.05, 0.1) is 17.6 Å². The quantitative estimate of drug-likeness (QED) is 0.179. The molecular formula is C33H29F9N2O4S. The molecule has 1 fully saturated rings. The van der Waals surface area contributed by atoms with E-state index in [0.29, 0.717) is 24.3 Å². The highest BCUT2D eigenvalue weighted by molar-refractivity contribution is 7.92. The fraction of sp³-hybridized carbons (Fsp3) is 0.394. The van der Waals surface area contributed by atoms with Crippen molar-refractivity contribution in [2.24, 2.45) is 5.41 Å². The highest BCUT2D eigenvalue weighted by Crippen LogP contribution is 2.54. The summed E-state index contributed by atoms with van der Waals surface area (Å²) >= 11 is 0. The Kier molecular flexibility index (Phi) is 10.2. The fourth-order valence-corrected chi connectivity index (χ4v) is 7.96. The van der Waals surface area contributed by atoms with Crippen molar-refractivity contribution in [3.05, 3.63) is 101 Å². The van der Waals surface area contributed by atoms with E-state index >= 15 is 0 Å². The van der Waals surface area contributed by atoms with Gasteiger partial charge in [-0.1, -0.05) is 30.3 Å². The molecule has 0 atom stereocenters. The lowest BCUT2D eigenvalue weighted by atomic mass is 9.79. The molecule has 6 nitrogen and oxygen atoms in total. The van der Waals surface area contributed by atoms with E-state index in [4.69, 9.17) is 0 Å². The largest absolute Gasteiger partial charge is 0.430 e. The molecule has 1 aliphatic carbocycles. The van der Waals surface area contributed by atoms with Gasteiger partial charge in [-0.2, -0.15) is 31.6 Å². The van der Waals surface area contributed by atoms with E-state index in [-0.39, 0.29) is 36.1 Å². The van der Waals surface area contributed by atoms with Crippen molar-refractivity contribution >= 4 is 15.7 Å². The lowest BCUT2D eigenvalue weighted by Crippen LogP contribution is -2.56. The normalized spacial score (nSPS) is 19.3. The lowest BCUT2D eigenvalue weighted by molar-refractivity contribution is -0.392. The Morgan fingerprint density at radius 1 is 0.878 bits per heavy atom. The zero-order valence-corrected chi connectivity index (χ0v) is 26.7. The van der Waals surface area contributed by atoms with E-state index in [1.807, 2.05) is 6.07 Å². The van der Waals surface area contributed by atoms with Crippen LogP contribution in [0.1, 0.15) is 56.2 Å². The van der Waals surface area contributed by atoms with Crippen molar-refractivity contribution in [1.29, 1.82) is 5.26 Å². The predicted octanol–water partition coefficient (Wildman–Crippen LogP) is 7.92. The molecule has 4 rings (SSSR count). The van der Waals surface area contributed by atoms with Crippen molar-refractivity contribution in [2.75, 3.05) is 0 Å². The second-order valence-corrected chi connectivity index (χ2v) is 14.4. The Balaban J connectivity index is 1.80. The summed E-state index contributed by atoms with van der Waals surface area (Å²) in [5, 5.41) is 11.9. The van der Waals surface area contributed by atoms with Gasteiger partial charge in [0.15, 0.2) is 9.84 Å². The zero-order chi connectivity index (χ0) is 36.6. The number of amides is 1. The first kappa shape index (κ1) is 37.7. The molecule has 49 heavy (non-hydrogen) atoms. The predicted molar refractivity (Wildman–Crippen MR) is 156 cm³/mol. The Hall–Kier alpha value is -4.10. The Labute approximate surface area is 275 Å². The van der Waals surface area contributed by atoms with Crippen LogP contribution < -0.4 is 5.32 Å². The molecule has 0 aliphatic heterocycles. The summed E-state index contributed by atoms with van der Waals surface area (Å²) in [6, 6.07) is 9.33. The molecule has 0 unspecified atom stereocenters. The Morgan fingerprint density at radius 3 is 1.86 bits per heavy atom. The van der Waals surface area contributed by atoms with Crippen LogP contribution in [0, 0.1) is 34.2 Å². The Morgan fingerprint density at radius 2 is 1.39 bits per heavy atom. The van der Waals surface area contributed by atoms with Crippen molar-refractivity contribution in [2.45, 2.75) is 79.8 Å². The average molecular weight is 721 g/mol. The number of halogens is 9. The molecule has 1 saturated carbocycles. The Bertz CT molecular complexity index is 1790. The van der Waals surface area contributed by atoms with Gasteiger partial charge in [-0.15, -0.1) is 0 Å². The van der Waals surface area contributed by atoms with Gasteiger partial charge >= 0.3 is 12.4 Å². The lowest BCUT2D eigenvalue weighted by Gasteiger charge is -2.41. The van der Waals surface area contributed by atoms with Crippen LogP contribution in [0.5, 0.6) is 0 Å². The van der Waals surface area contributed by atoms with Crippen LogP contribution in [0.3, 0.4) is 0 Å². The molecule has 0 radical (unpaired) electrons. The molecule has 1 N–H and O–H groups in total. The maximum atomic E-state index is 14.5. The van der Waals surface area contributed by atoms with Gasteiger partial charge in [-0.3, -0.25) is 4.79 Å². The number of hydrogen-bond donors (Lipinski definition) is 1. The minimum atomic E-state index is -6.22. The zero-order valence-electron chi connectivity index (χ0n) is 25.9. The number of nitrogens with zero attached hydrogens (tertiary/aromatic N) is 1. The molecule has 3 aromatic carbocycles. The smallest absolute Gasteiger partial charge is 0.352 e. The molecule has 264 valence electrons. The SMILES string of the molecule is CC(C)(C#N)C(=O)NC1CCC(c2ccc(C(OCc3c(F)cccc3F)(C(F)(F)F)C(F)(F)F)cc2)(S(=O)(=O)c2ccc(F)cc2)CC1. The van der Waals surface area contributed by atoms with Gasteiger partial charge in [0.25, 0.3) is 5.60 Å². The van der Waals surface area contributed by atoms with E-state index in [1.165, 1.54) is 13.8 Å². The van der Waals surface area contributed by atoms with Crippen LogP contribution in [0.4, 0.5) is 39.5 Å². The summed E-state index contributed by atoms with van der Waals surface area (Å²) in [5.41, 5.74) is -9.44. The molecule has 1 amide bonds. The number of ether oxygens (including phenoxy) is 1. The maximum absolute atomic E-state index is 14.5. The summed E-state index contributed by atoms with van der Waals surface area (Å²) in [6.45, 7) is 0.973. The topological polar surface area (TPSA) is 96.3 Å². The van der Waals surface area contributed by atoms with Crippen molar-refractivity contribution in [3.8, 4) is 6.07 Å². The van der Waals surface area contributed by atoms with Gasteiger partial charge in [-0.25, -0.2) is 21.6 Å². The molecule has 1 aliphatic rings. The molecule has 3 aromatic rings. The van der Waals surface area contributed by atoms with Gasteiger partial charge < -0.3 is 10.1 Å². The van der Waals surface area contributed by atoms with Crippen LogP contribution in [0.2, 0.25) is 0 Å². The molecular weight excluding hydrogens is 691 g/mol. The first-order chi connectivity index (χ1) is 22.6. The van der Waals surface area contributed by atoms with Crippen molar-refractivity contribution < 1.29 is 57.5 Å². The summed E-state index contributed by atoms with van der Waals surface area (Å²) in [6.07, 6.45) is -13.1. The van der Waals surface area contributed by atoms with Crippen LogP contribution in [-0.4, -0.2) is 32.7 Å². The third-order valence-corrected chi connectivity index (χ3v) is 11.3. The first-order valence-electron chi connectivity index (χ1n) is 14.7. The number of carbonyl (C=O) groups is 1. The molecule has 0 heterocycles. The molecule has 0 saturated heterocycles. The number of nitrogens with one attached hydrogen (secondary N) is 1. The van der Waals surface area contributed by atoms with Gasteiger partial charge in [0.2, 0.25) is 5.91 Å². The van der Waals surface area contributed by atoms with Crippen LogP contribution in [-0.2, 0) is 36.3 Å². The monoisotopic (exact) mass is 720 g/mol. The van der Waals surface area contributed by atoms with Crippen molar-refractivity contribution in [1.82, 2.24) is 5.32 Å². The number of hydrogen-bond acceptors (Lipinski definition) is 5. The highest BCUT2D eigenvalue weighted by atomic mass is 32.2. The van der Waals surface area contributed by atoms with E-state index < -0.39 is 85.1 Å². The number of alkyl halides is 6. The first-order valence-corrected chi connectivity index (χ1v) is 16.1. The van der Waals surface area contributed by atoms with Crippen LogP contribution in [0.25, 0.3) is 0 Å². The second-order valence-electron chi connectivity index (χ2n) is 12.2. The number of benzene rings is 3. The number of rotatable bonds is 9. The summed E-state index contributed by atoms with van der Waals surface area (Å²) in [4.78, 5) is 12.2. The molecule has 0 spiro atoms. The van der Waals surface area contributed by atoms with Crippen molar-refractivity contribution in [3.63, 3.8) is 0 Å².